The number of aliphatic hydroxyl groups is 1. The summed E-state index contributed by atoms with van der Waals surface area (Å²) in [6.07, 6.45) is 9.69. The summed E-state index contributed by atoms with van der Waals surface area (Å²) in [6, 6.07) is 0. The van der Waals surface area contributed by atoms with Crippen LogP contribution in [0.15, 0.2) is 35.1 Å². The molecule has 4 atom stereocenters. The molecule has 0 amide bonds. The second-order valence-electron chi connectivity index (χ2n) is 8.38. The Hall–Kier alpha value is -1.55. The summed E-state index contributed by atoms with van der Waals surface area (Å²) in [5.41, 5.74) is 1.12. The Morgan fingerprint density at radius 3 is 2.69 bits per heavy atom. The molecule has 26 heavy (non-hydrogen) atoms. The smallest absolute Gasteiger partial charge is 0.373 e. The number of carbonyl (C=O) groups excluding carboxylic acids is 1. The molecule has 1 unspecified atom stereocenters. The number of carbonyl (C=O) groups is 1. The van der Waals surface area contributed by atoms with E-state index >= 15 is 0 Å². The summed E-state index contributed by atoms with van der Waals surface area (Å²) in [6.45, 7) is 12.3. The van der Waals surface area contributed by atoms with E-state index in [1.54, 1.807) is 13.0 Å². The van der Waals surface area contributed by atoms with Gasteiger partial charge in [0, 0.05) is 11.8 Å². The zero-order valence-corrected chi connectivity index (χ0v) is 17.1. The van der Waals surface area contributed by atoms with Gasteiger partial charge >= 0.3 is 5.97 Å². The predicted molar refractivity (Wildman–Crippen MR) is 103 cm³/mol. The van der Waals surface area contributed by atoms with E-state index < -0.39 is 17.2 Å². The molecular formula is C22H34O4. The van der Waals surface area contributed by atoms with Crippen molar-refractivity contribution >= 4 is 5.97 Å². The van der Waals surface area contributed by atoms with Crippen LogP contribution in [0, 0.1) is 11.8 Å². The van der Waals surface area contributed by atoms with Gasteiger partial charge in [-0.15, -0.1) is 0 Å². The fraction of sp³-hybridized carbons (Fsp3) is 0.682. The molecule has 146 valence electrons. The number of hydrogen-bond acceptors (Lipinski definition) is 4. The first-order chi connectivity index (χ1) is 12.1. The minimum atomic E-state index is -0.822. The molecule has 1 aliphatic carbocycles. The van der Waals surface area contributed by atoms with E-state index in [4.69, 9.17) is 9.47 Å². The molecule has 1 aliphatic heterocycles. The van der Waals surface area contributed by atoms with Crippen LogP contribution >= 0.6 is 0 Å². The third-order valence-corrected chi connectivity index (χ3v) is 5.61. The van der Waals surface area contributed by atoms with Crippen LogP contribution in [0.1, 0.15) is 67.2 Å². The van der Waals surface area contributed by atoms with Gasteiger partial charge in [-0.25, -0.2) is 4.79 Å². The zero-order chi connectivity index (χ0) is 19.5. The SMILES string of the molecule is CCOC(=O)C1=C[C@H]2[C@@H](CC[C@@]2(C)O)C(C)(/C=C(\C)CCC=C(C)C)O1. The second kappa shape index (κ2) is 7.99. The summed E-state index contributed by atoms with van der Waals surface area (Å²) in [5, 5.41) is 10.8. The van der Waals surface area contributed by atoms with Crippen LogP contribution in [0.4, 0.5) is 0 Å². The highest BCUT2D eigenvalue weighted by atomic mass is 16.6. The van der Waals surface area contributed by atoms with Crippen LogP contribution in [0.5, 0.6) is 0 Å². The van der Waals surface area contributed by atoms with Crippen LogP contribution in [0.3, 0.4) is 0 Å². The normalized spacial score (nSPS) is 33.8. The van der Waals surface area contributed by atoms with Crippen molar-refractivity contribution in [2.75, 3.05) is 6.61 Å². The monoisotopic (exact) mass is 362 g/mol. The maximum Gasteiger partial charge on any atom is 0.373 e. The van der Waals surface area contributed by atoms with E-state index in [9.17, 15) is 9.90 Å². The third-order valence-electron chi connectivity index (χ3n) is 5.61. The van der Waals surface area contributed by atoms with Crippen LogP contribution in [0.25, 0.3) is 0 Å². The highest BCUT2D eigenvalue weighted by Crippen LogP contribution is 2.51. The minimum Gasteiger partial charge on any atom is -0.476 e. The van der Waals surface area contributed by atoms with Crippen LogP contribution in [-0.4, -0.2) is 28.9 Å². The van der Waals surface area contributed by atoms with Crippen molar-refractivity contribution in [1.29, 1.82) is 0 Å². The first-order valence-electron chi connectivity index (χ1n) is 9.71. The Morgan fingerprint density at radius 2 is 2.08 bits per heavy atom. The van der Waals surface area contributed by atoms with Crippen molar-refractivity contribution in [1.82, 2.24) is 0 Å². The first-order valence-corrected chi connectivity index (χ1v) is 9.71. The highest BCUT2D eigenvalue weighted by molar-refractivity contribution is 5.86. The summed E-state index contributed by atoms with van der Waals surface area (Å²) in [5.74, 6) is -0.182. The van der Waals surface area contributed by atoms with Gasteiger partial charge in [-0.05, 0) is 79.4 Å². The van der Waals surface area contributed by atoms with Crippen LogP contribution < -0.4 is 0 Å². The van der Waals surface area contributed by atoms with E-state index in [2.05, 4.69) is 32.9 Å². The molecule has 2 aliphatic rings. The third kappa shape index (κ3) is 4.59. The lowest BCUT2D eigenvalue weighted by Crippen LogP contribution is -2.46. The molecule has 1 heterocycles. The molecule has 2 rings (SSSR count). The Morgan fingerprint density at radius 1 is 1.38 bits per heavy atom. The lowest BCUT2D eigenvalue weighted by molar-refractivity contribution is -0.148. The maximum absolute atomic E-state index is 12.3. The van der Waals surface area contributed by atoms with E-state index in [-0.39, 0.29) is 17.6 Å². The molecular weight excluding hydrogens is 328 g/mol. The fourth-order valence-electron chi connectivity index (χ4n) is 4.27. The summed E-state index contributed by atoms with van der Waals surface area (Å²) >= 11 is 0. The van der Waals surface area contributed by atoms with E-state index in [1.807, 2.05) is 13.8 Å². The number of hydrogen-bond donors (Lipinski definition) is 1. The van der Waals surface area contributed by atoms with Crippen molar-refractivity contribution in [2.24, 2.45) is 11.8 Å². The highest BCUT2D eigenvalue weighted by Gasteiger charge is 2.54. The van der Waals surface area contributed by atoms with Crippen molar-refractivity contribution in [3.63, 3.8) is 0 Å². The molecule has 0 aromatic rings. The topological polar surface area (TPSA) is 55.8 Å². The average molecular weight is 363 g/mol. The summed E-state index contributed by atoms with van der Waals surface area (Å²) in [7, 11) is 0. The van der Waals surface area contributed by atoms with Crippen molar-refractivity contribution in [2.45, 2.75) is 78.4 Å². The lowest BCUT2D eigenvalue weighted by atomic mass is 9.74. The largest absolute Gasteiger partial charge is 0.476 e. The molecule has 1 N–H and O–H groups in total. The Bertz CT molecular complexity index is 622. The lowest BCUT2D eigenvalue weighted by Gasteiger charge is -2.42. The second-order valence-corrected chi connectivity index (χ2v) is 8.38. The Labute approximate surface area is 158 Å². The van der Waals surface area contributed by atoms with Gasteiger partial charge in [-0.1, -0.05) is 17.2 Å². The summed E-state index contributed by atoms with van der Waals surface area (Å²) in [4.78, 5) is 12.3. The predicted octanol–water partition coefficient (Wildman–Crippen LogP) is 4.69. The van der Waals surface area contributed by atoms with Crippen molar-refractivity contribution < 1.29 is 19.4 Å². The van der Waals surface area contributed by atoms with Gasteiger partial charge in [0.05, 0.1) is 12.2 Å². The molecule has 1 saturated carbocycles. The van der Waals surface area contributed by atoms with Gasteiger partial charge < -0.3 is 14.6 Å². The molecule has 0 radical (unpaired) electrons. The van der Waals surface area contributed by atoms with Crippen LogP contribution in [0.2, 0.25) is 0 Å². The fourth-order valence-corrected chi connectivity index (χ4v) is 4.27. The Kier molecular flexibility index (Phi) is 6.38. The number of rotatable bonds is 6. The van der Waals surface area contributed by atoms with Gasteiger partial charge in [0.15, 0.2) is 0 Å². The molecule has 1 fully saturated rings. The number of allylic oxidation sites excluding steroid dienone is 3. The summed E-state index contributed by atoms with van der Waals surface area (Å²) < 4.78 is 11.3. The zero-order valence-electron chi connectivity index (χ0n) is 17.1. The van der Waals surface area contributed by atoms with Crippen molar-refractivity contribution in [3.05, 3.63) is 35.1 Å². The standard InChI is InChI=1S/C22H34O4/c1-7-25-20(23)19-13-18-17(11-12-21(18,5)24)22(6,26-19)14-16(4)10-8-9-15(2)3/h9,13-14,17-18,24H,7-8,10-12H2,1-6H3/b16-14+/t17-,18+,21-,22?/m1/s1. The van der Waals surface area contributed by atoms with Gasteiger partial charge in [-0.3, -0.25) is 0 Å². The van der Waals surface area contributed by atoms with Crippen molar-refractivity contribution in [3.8, 4) is 0 Å². The minimum absolute atomic E-state index is 0.109. The van der Waals surface area contributed by atoms with Gasteiger partial charge in [0.2, 0.25) is 5.76 Å². The molecule has 0 aromatic heterocycles. The number of ether oxygens (including phenoxy) is 2. The van der Waals surface area contributed by atoms with E-state index in [1.165, 1.54) is 11.1 Å². The average Bonchev–Trinajstić information content (AvgIpc) is 2.83. The van der Waals surface area contributed by atoms with E-state index in [0.29, 0.717) is 13.0 Å². The molecule has 0 bridgehead atoms. The molecule has 0 spiro atoms. The van der Waals surface area contributed by atoms with Gasteiger partial charge in [-0.2, -0.15) is 0 Å². The maximum atomic E-state index is 12.3. The van der Waals surface area contributed by atoms with Gasteiger partial charge in [0.1, 0.15) is 5.60 Å². The molecule has 4 nitrogen and oxygen atoms in total. The number of esters is 1. The first kappa shape index (κ1) is 20.8. The molecule has 0 aromatic carbocycles. The van der Waals surface area contributed by atoms with Gasteiger partial charge in [0.25, 0.3) is 0 Å². The molecule has 0 saturated heterocycles. The quantitative estimate of drug-likeness (QED) is 0.550. The Balaban J connectivity index is 2.30. The van der Waals surface area contributed by atoms with Crippen LogP contribution in [-0.2, 0) is 14.3 Å². The van der Waals surface area contributed by atoms with E-state index in [0.717, 1.165) is 19.3 Å². The number of fused-ring (bicyclic) bond motifs is 1. The molecule has 4 heteroatoms.